The fourth-order valence-corrected chi connectivity index (χ4v) is 1.67. The van der Waals surface area contributed by atoms with Gasteiger partial charge in [0.1, 0.15) is 0 Å². The number of aryl methyl sites for hydroxylation is 1. The number of nitrogens with one attached hydrogen (secondary N) is 1. The highest BCUT2D eigenvalue weighted by Crippen LogP contribution is 2.28. The minimum Gasteiger partial charge on any atom is -0.353 e. The van der Waals surface area contributed by atoms with E-state index in [0.717, 1.165) is 29.8 Å². The van der Waals surface area contributed by atoms with Gasteiger partial charge < -0.3 is 5.32 Å². The Balaban J connectivity index is 1.88. The normalized spacial score (nSPS) is 15.8. The first-order valence-electron chi connectivity index (χ1n) is 5.39. The number of pyridine rings is 1. The van der Waals surface area contributed by atoms with Crippen molar-refractivity contribution in [2.24, 2.45) is 5.92 Å². The van der Waals surface area contributed by atoms with Gasteiger partial charge in [0.2, 0.25) is 5.95 Å². The molecule has 1 aliphatic carbocycles. The number of fused-ring (bicyclic) bond motifs is 1. The Morgan fingerprint density at radius 2 is 2.33 bits per heavy atom. The van der Waals surface area contributed by atoms with Gasteiger partial charge in [-0.3, -0.25) is 0 Å². The second-order valence-corrected chi connectivity index (χ2v) is 4.20. The summed E-state index contributed by atoms with van der Waals surface area (Å²) in [5.74, 6) is 1.59. The smallest absolute Gasteiger partial charge is 0.243 e. The van der Waals surface area contributed by atoms with E-state index in [1.165, 1.54) is 12.8 Å². The molecule has 0 atom stereocenters. The predicted molar refractivity (Wildman–Crippen MR) is 58.9 cm³/mol. The lowest BCUT2D eigenvalue weighted by atomic mass is 10.4. The standard InChI is InChI=1S/C11H14N4/c1-8-3-2-4-10-13-11(14-15(8)10)12-7-9-5-6-9/h2-4,9H,5-7H2,1H3,(H,12,14). The molecule has 4 heteroatoms. The first kappa shape index (κ1) is 8.71. The molecule has 4 nitrogen and oxygen atoms in total. The average Bonchev–Trinajstić information content (AvgIpc) is 2.95. The van der Waals surface area contributed by atoms with Gasteiger partial charge >= 0.3 is 0 Å². The van der Waals surface area contributed by atoms with Crippen LogP contribution in [0.25, 0.3) is 5.65 Å². The summed E-state index contributed by atoms with van der Waals surface area (Å²) in [6.45, 7) is 3.04. The van der Waals surface area contributed by atoms with Crippen LogP contribution in [0.2, 0.25) is 0 Å². The fourth-order valence-electron chi connectivity index (χ4n) is 1.67. The van der Waals surface area contributed by atoms with Crippen LogP contribution in [0.5, 0.6) is 0 Å². The maximum atomic E-state index is 4.41. The number of aromatic nitrogens is 3. The van der Waals surface area contributed by atoms with Gasteiger partial charge in [0, 0.05) is 12.2 Å². The number of hydrogen-bond acceptors (Lipinski definition) is 3. The molecule has 1 saturated carbocycles. The van der Waals surface area contributed by atoms with Crippen molar-refractivity contribution in [1.82, 2.24) is 14.6 Å². The number of hydrogen-bond donors (Lipinski definition) is 1. The minimum atomic E-state index is 0.746. The van der Waals surface area contributed by atoms with Gasteiger partial charge in [-0.2, -0.15) is 4.98 Å². The molecule has 1 aliphatic rings. The van der Waals surface area contributed by atoms with E-state index >= 15 is 0 Å². The van der Waals surface area contributed by atoms with Gasteiger partial charge in [-0.25, -0.2) is 4.52 Å². The topological polar surface area (TPSA) is 42.2 Å². The number of nitrogens with zero attached hydrogens (tertiary/aromatic N) is 3. The number of rotatable bonds is 3. The summed E-state index contributed by atoms with van der Waals surface area (Å²) in [6.07, 6.45) is 2.69. The quantitative estimate of drug-likeness (QED) is 0.826. The Morgan fingerprint density at radius 1 is 1.47 bits per heavy atom. The fraction of sp³-hybridized carbons (Fsp3) is 0.455. The second-order valence-electron chi connectivity index (χ2n) is 4.20. The average molecular weight is 202 g/mol. The van der Waals surface area contributed by atoms with E-state index in [1.807, 2.05) is 29.6 Å². The SMILES string of the molecule is Cc1cccc2nc(NCC3CC3)nn12. The van der Waals surface area contributed by atoms with Crippen molar-refractivity contribution in [3.05, 3.63) is 23.9 Å². The van der Waals surface area contributed by atoms with Gasteiger partial charge in [-0.1, -0.05) is 6.07 Å². The molecule has 0 unspecified atom stereocenters. The molecule has 1 fully saturated rings. The molecule has 3 rings (SSSR count). The minimum absolute atomic E-state index is 0.746. The summed E-state index contributed by atoms with van der Waals surface area (Å²) in [6, 6.07) is 6.01. The molecule has 0 radical (unpaired) electrons. The first-order chi connectivity index (χ1) is 7.33. The Hall–Kier alpha value is -1.58. The Kier molecular flexibility index (Phi) is 1.87. The van der Waals surface area contributed by atoms with Gasteiger partial charge in [-0.15, -0.1) is 5.10 Å². The summed E-state index contributed by atoms with van der Waals surface area (Å²) < 4.78 is 1.87. The van der Waals surface area contributed by atoms with E-state index in [4.69, 9.17) is 0 Å². The van der Waals surface area contributed by atoms with E-state index < -0.39 is 0 Å². The number of anilines is 1. The van der Waals surface area contributed by atoms with Crippen molar-refractivity contribution in [2.75, 3.05) is 11.9 Å². The predicted octanol–water partition coefficient (Wildman–Crippen LogP) is 1.86. The first-order valence-corrected chi connectivity index (χ1v) is 5.39. The van der Waals surface area contributed by atoms with Crippen LogP contribution in [-0.4, -0.2) is 21.1 Å². The molecule has 2 aromatic heterocycles. The molecular formula is C11H14N4. The van der Waals surface area contributed by atoms with Crippen molar-refractivity contribution >= 4 is 11.6 Å². The highest BCUT2D eigenvalue weighted by molar-refractivity contribution is 5.44. The van der Waals surface area contributed by atoms with E-state index in [9.17, 15) is 0 Å². The van der Waals surface area contributed by atoms with Crippen LogP contribution < -0.4 is 5.32 Å². The van der Waals surface area contributed by atoms with Gasteiger partial charge in [0.05, 0.1) is 0 Å². The van der Waals surface area contributed by atoms with Crippen molar-refractivity contribution in [3.63, 3.8) is 0 Å². The maximum absolute atomic E-state index is 4.41. The molecule has 0 aromatic carbocycles. The van der Waals surface area contributed by atoms with Crippen LogP contribution in [0.4, 0.5) is 5.95 Å². The highest BCUT2D eigenvalue weighted by Gasteiger charge is 2.21. The van der Waals surface area contributed by atoms with Crippen molar-refractivity contribution in [2.45, 2.75) is 19.8 Å². The molecule has 15 heavy (non-hydrogen) atoms. The summed E-state index contributed by atoms with van der Waals surface area (Å²) >= 11 is 0. The maximum Gasteiger partial charge on any atom is 0.243 e. The molecule has 2 aromatic rings. The third kappa shape index (κ3) is 1.67. The van der Waals surface area contributed by atoms with Crippen LogP contribution >= 0.6 is 0 Å². The van der Waals surface area contributed by atoms with Gasteiger partial charge in [0.15, 0.2) is 5.65 Å². The summed E-state index contributed by atoms with van der Waals surface area (Å²) in [4.78, 5) is 4.41. The van der Waals surface area contributed by atoms with Crippen molar-refractivity contribution in [1.29, 1.82) is 0 Å². The molecule has 0 amide bonds. The highest BCUT2D eigenvalue weighted by atomic mass is 15.3. The molecule has 0 bridgehead atoms. The van der Waals surface area contributed by atoms with E-state index in [-0.39, 0.29) is 0 Å². The molecular weight excluding hydrogens is 188 g/mol. The van der Waals surface area contributed by atoms with E-state index in [1.54, 1.807) is 0 Å². The van der Waals surface area contributed by atoms with Crippen LogP contribution in [0.1, 0.15) is 18.5 Å². The van der Waals surface area contributed by atoms with E-state index in [2.05, 4.69) is 15.4 Å². The lowest BCUT2D eigenvalue weighted by Crippen LogP contribution is -2.04. The lowest BCUT2D eigenvalue weighted by molar-refractivity contribution is 0.860. The Bertz CT molecular complexity index is 484. The summed E-state index contributed by atoms with van der Waals surface area (Å²) in [5, 5.41) is 7.69. The van der Waals surface area contributed by atoms with Crippen molar-refractivity contribution in [3.8, 4) is 0 Å². The van der Waals surface area contributed by atoms with Crippen molar-refractivity contribution < 1.29 is 0 Å². The van der Waals surface area contributed by atoms with E-state index in [0.29, 0.717) is 0 Å². The van der Waals surface area contributed by atoms with Crippen LogP contribution in [0, 0.1) is 12.8 Å². The van der Waals surface area contributed by atoms with Crippen LogP contribution in [0.3, 0.4) is 0 Å². The lowest BCUT2D eigenvalue weighted by Gasteiger charge is -1.97. The van der Waals surface area contributed by atoms with Gasteiger partial charge in [0.25, 0.3) is 0 Å². The molecule has 0 aliphatic heterocycles. The van der Waals surface area contributed by atoms with Gasteiger partial charge in [-0.05, 0) is 37.8 Å². The van der Waals surface area contributed by atoms with Crippen LogP contribution in [-0.2, 0) is 0 Å². The summed E-state index contributed by atoms with van der Waals surface area (Å²) in [5.41, 5.74) is 2.02. The third-order valence-corrected chi connectivity index (χ3v) is 2.79. The second kappa shape index (κ2) is 3.22. The zero-order chi connectivity index (χ0) is 10.3. The molecule has 2 heterocycles. The molecule has 0 saturated heterocycles. The third-order valence-electron chi connectivity index (χ3n) is 2.79. The largest absolute Gasteiger partial charge is 0.353 e. The molecule has 1 N–H and O–H groups in total. The monoisotopic (exact) mass is 202 g/mol. The van der Waals surface area contributed by atoms with Crippen LogP contribution in [0.15, 0.2) is 18.2 Å². The zero-order valence-electron chi connectivity index (χ0n) is 8.77. The Labute approximate surface area is 88.3 Å². The Morgan fingerprint density at radius 3 is 3.07 bits per heavy atom. The molecule has 78 valence electrons. The molecule has 0 spiro atoms. The summed E-state index contributed by atoms with van der Waals surface area (Å²) in [7, 11) is 0. The zero-order valence-corrected chi connectivity index (χ0v) is 8.77.